The molecule has 3 nitrogen and oxygen atoms in total. The predicted molar refractivity (Wildman–Crippen MR) is 56.0 cm³/mol. The minimum Gasteiger partial charge on any atom is -0.373 e. The van der Waals surface area contributed by atoms with Gasteiger partial charge in [0.1, 0.15) is 0 Å². The van der Waals surface area contributed by atoms with Crippen LogP contribution in [0, 0.1) is 13.8 Å². The van der Waals surface area contributed by atoms with E-state index in [1.807, 2.05) is 20.9 Å². The van der Waals surface area contributed by atoms with Crippen molar-refractivity contribution in [1.29, 1.82) is 0 Å². The van der Waals surface area contributed by atoms with E-state index in [1.54, 1.807) is 0 Å². The number of nitrogens with two attached hydrogens (primary N) is 1. The van der Waals surface area contributed by atoms with Crippen LogP contribution >= 0.6 is 0 Å². The molecule has 3 heteroatoms. The highest BCUT2D eigenvalue weighted by Crippen LogP contribution is 2.14. The predicted octanol–water partition coefficient (Wildman–Crippen LogP) is 1.09. The molecule has 0 spiro atoms. The molecule has 1 aromatic heterocycles. The van der Waals surface area contributed by atoms with Crippen molar-refractivity contribution < 1.29 is 0 Å². The van der Waals surface area contributed by atoms with Gasteiger partial charge in [0.15, 0.2) is 0 Å². The largest absolute Gasteiger partial charge is 0.373 e. The monoisotopic (exact) mass is 179 g/mol. The first-order valence-electron chi connectivity index (χ1n) is 4.50. The Labute approximate surface area is 79.6 Å². The van der Waals surface area contributed by atoms with Crippen LogP contribution in [0.15, 0.2) is 12.1 Å². The molecule has 0 amide bonds. The number of anilines is 1. The van der Waals surface area contributed by atoms with E-state index in [-0.39, 0.29) is 0 Å². The lowest BCUT2D eigenvalue weighted by Gasteiger charge is -2.18. The maximum Gasteiger partial charge on any atom is 0.0400 e. The third-order valence-corrected chi connectivity index (χ3v) is 1.97. The van der Waals surface area contributed by atoms with Gasteiger partial charge in [-0.15, -0.1) is 0 Å². The molecule has 0 aliphatic carbocycles. The highest BCUT2D eigenvalue weighted by Gasteiger charge is 2.01. The van der Waals surface area contributed by atoms with Crippen LogP contribution in [0.5, 0.6) is 0 Å². The average molecular weight is 179 g/mol. The molecule has 0 fully saturated rings. The van der Waals surface area contributed by atoms with Crippen LogP contribution in [0.3, 0.4) is 0 Å². The number of pyridine rings is 1. The maximum atomic E-state index is 5.49. The minimum absolute atomic E-state index is 0.677. The van der Waals surface area contributed by atoms with Crippen LogP contribution in [0.1, 0.15) is 11.4 Å². The fourth-order valence-corrected chi connectivity index (χ4v) is 1.36. The summed E-state index contributed by atoms with van der Waals surface area (Å²) in [5.74, 6) is 0. The van der Waals surface area contributed by atoms with Crippen molar-refractivity contribution in [2.24, 2.45) is 5.73 Å². The lowest BCUT2D eigenvalue weighted by atomic mass is 10.2. The number of rotatable bonds is 3. The van der Waals surface area contributed by atoms with Crippen molar-refractivity contribution in [2.75, 3.05) is 25.0 Å². The van der Waals surface area contributed by atoms with Crippen LogP contribution in [0.25, 0.3) is 0 Å². The molecule has 0 saturated heterocycles. The van der Waals surface area contributed by atoms with Crippen molar-refractivity contribution >= 4 is 5.69 Å². The van der Waals surface area contributed by atoms with Crippen LogP contribution in [-0.4, -0.2) is 25.1 Å². The van der Waals surface area contributed by atoms with Crippen molar-refractivity contribution in [3.05, 3.63) is 23.5 Å². The van der Waals surface area contributed by atoms with E-state index < -0.39 is 0 Å². The highest BCUT2D eigenvalue weighted by molar-refractivity contribution is 5.47. The summed E-state index contributed by atoms with van der Waals surface area (Å²) < 4.78 is 0. The van der Waals surface area contributed by atoms with Crippen molar-refractivity contribution in [1.82, 2.24) is 4.98 Å². The molecule has 72 valence electrons. The van der Waals surface area contributed by atoms with Gasteiger partial charge in [0.25, 0.3) is 0 Å². The van der Waals surface area contributed by atoms with E-state index in [0.29, 0.717) is 6.54 Å². The molecular formula is C10H17N3. The smallest absolute Gasteiger partial charge is 0.0400 e. The van der Waals surface area contributed by atoms with Crippen LogP contribution in [0.2, 0.25) is 0 Å². The Morgan fingerprint density at radius 1 is 1.31 bits per heavy atom. The summed E-state index contributed by atoms with van der Waals surface area (Å²) in [5.41, 5.74) is 8.78. The Kier molecular flexibility index (Phi) is 3.25. The molecule has 0 radical (unpaired) electrons. The second kappa shape index (κ2) is 4.23. The van der Waals surface area contributed by atoms with E-state index in [4.69, 9.17) is 5.73 Å². The molecule has 0 atom stereocenters. The Bertz CT molecular complexity index is 263. The molecule has 0 aliphatic rings. The fraction of sp³-hybridized carbons (Fsp3) is 0.500. The molecule has 13 heavy (non-hydrogen) atoms. The zero-order chi connectivity index (χ0) is 9.84. The van der Waals surface area contributed by atoms with Gasteiger partial charge in [0, 0.05) is 37.2 Å². The Morgan fingerprint density at radius 3 is 2.31 bits per heavy atom. The molecular weight excluding hydrogens is 162 g/mol. The Hall–Kier alpha value is -1.09. The number of nitrogens with zero attached hydrogens (tertiary/aromatic N) is 2. The standard InChI is InChI=1S/C10H17N3/c1-8-6-10(7-9(2)12-8)13(3)5-4-11/h6-7H,4-5,11H2,1-3H3. The quantitative estimate of drug-likeness (QED) is 0.755. The molecule has 0 saturated carbocycles. The maximum absolute atomic E-state index is 5.49. The van der Waals surface area contributed by atoms with Gasteiger partial charge >= 0.3 is 0 Å². The number of hydrogen-bond donors (Lipinski definition) is 1. The van der Waals surface area contributed by atoms with Crippen LogP contribution in [0.4, 0.5) is 5.69 Å². The van der Waals surface area contributed by atoms with Gasteiger partial charge in [-0.3, -0.25) is 4.98 Å². The topological polar surface area (TPSA) is 42.1 Å². The summed E-state index contributed by atoms with van der Waals surface area (Å²) >= 11 is 0. The van der Waals surface area contributed by atoms with Crippen molar-refractivity contribution in [3.63, 3.8) is 0 Å². The van der Waals surface area contributed by atoms with Crippen LogP contribution in [-0.2, 0) is 0 Å². The number of aryl methyl sites for hydroxylation is 2. The first-order valence-corrected chi connectivity index (χ1v) is 4.50. The molecule has 2 N–H and O–H groups in total. The summed E-state index contributed by atoms with van der Waals surface area (Å²) in [6.45, 7) is 5.57. The lowest BCUT2D eigenvalue weighted by molar-refractivity contribution is 0.881. The van der Waals surface area contributed by atoms with E-state index >= 15 is 0 Å². The summed E-state index contributed by atoms with van der Waals surface area (Å²) in [5, 5.41) is 0. The number of hydrogen-bond acceptors (Lipinski definition) is 3. The SMILES string of the molecule is Cc1cc(N(C)CCN)cc(C)n1. The van der Waals surface area contributed by atoms with Crippen molar-refractivity contribution in [3.8, 4) is 0 Å². The summed E-state index contributed by atoms with van der Waals surface area (Å²) in [6.07, 6.45) is 0. The minimum atomic E-state index is 0.677. The van der Waals surface area contributed by atoms with Gasteiger partial charge in [-0.2, -0.15) is 0 Å². The van der Waals surface area contributed by atoms with E-state index in [1.165, 1.54) is 5.69 Å². The third kappa shape index (κ3) is 2.70. The van der Waals surface area contributed by atoms with Gasteiger partial charge in [0.2, 0.25) is 0 Å². The molecule has 0 aliphatic heterocycles. The normalized spacial score (nSPS) is 10.2. The molecule has 1 rings (SSSR count). The molecule has 0 aromatic carbocycles. The zero-order valence-electron chi connectivity index (χ0n) is 8.54. The second-order valence-electron chi connectivity index (χ2n) is 3.32. The lowest BCUT2D eigenvalue weighted by Crippen LogP contribution is -2.25. The summed E-state index contributed by atoms with van der Waals surface area (Å²) in [6, 6.07) is 4.14. The van der Waals surface area contributed by atoms with E-state index in [0.717, 1.165) is 17.9 Å². The average Bonchev–Trinajstić information content (AvgIpc) is 2.03. The van der Waals surface area contributed by atoms with Crippen LogP contribution < -0.4 is 10.6 Å². The molecule has 1 heterocycles. The van der Waals surface area contributed by atoms with Gasteiger partial charge in [-0.05, 0) is 26.0 Å². The summed E-state index contributed by atoms with van der Waals surface area (Å²) in [7, 11) is 2.04. The zero-order valence-corrected chi connectivity index (χ0v) is 8.54. The fourth-order valence-electron chi connectivity index (χ4n) is 1.36. The Morgan fingerprint density at radius 2 is 1.85 bits per heavy atom. The van der Waals surface area contributed by atoms with Gasteiger partial charge in [0.05, 0.1) is 0 Å². The number of likely N-dealkylation sites (N-methyl/N-ethyl adjacent to an activating group) is 1. The highest BCUT2D eigenvalue weighted by atomic mass is 15.1. The van der Waals surface area contributed by atoms with Gasteiger partial charge < -0.3 is 10.6 Å². The number of aromatic nitrogens is 1. The molecule has 0 bridgehead atoms. The van der Waals surface area contributed by atoms with Gasteiger partial charge in [-0.25, -0.2) is 0 Å². The third-order valence-electron chi connectivity index (χ3n) is 1.97. The molecule has 1 aromatic rings. The first-order chi connectivity index (χ1) is 6.13. The van der Waals surface area contributed by atoms with E-state index in [9.17, 15) is 0 Å². The summed E-state index contributed by atoms with van der Waals surface area (Å²) in [4.78, 5) is 6.46. The molecule has 0 unspecified atom stereocenters. The Balaban J connectivity index is 2.87. The first kappa shape index (κ1) is 9.99. The van der Waals surface area contributed by atoms with Gasteiger partial charge in [-0.1, -0.05) is 0 Å². The van der Waals surface area contributed by atoms with E-state index in [2.05, 4.69) is 22.0 Å². The second-order valence-corrected chi connectivity index (χ2v) is 3.32. The van der Waals surface area contributed by atoms with Crippen molar-refractivity contribution in [2.45, 2.75) is 13.8 Å².